The van der Waals surface area contributed by atoms with Crippen LogP contribution in [0, 0.1) is 6.92 Å². The quantitative estimate of drug-likeness (QED) is 0.709. The van der Waals surface area contributed by atoms with E-state index in [2.05, 4.69) is 10.2 Å². The molecule has 0 spiro atoms. The van der Waals surface area contributed by atoms with E-state index in [1.807, 2.05) is 37.3 Å². The third-order valence-electron chi connectivity index (χ3n) is 2.52. The van der Waals surface area contributed by atoms with Gasteiger partial charge in [-0.05, 0) is 42.8 Å². The van der Waals surface area contributed by atoms with Crippen molar-refractivity contribution in [3.05, 3.63) is 53.1 Å². The molecule has 4 heteroatoms. The Kier molecular flexibility index (Phi) is 3.95. The van der Waals surface area contributed by atoms with Crippen LogP contribution in [-0.2, 0) is 0 Å². The Hall–Kier alpha value is -1.87. The van der Waals surface area contributed by atoms with Crippen molar-refractivity contribution < 1.29 is 4.74 Å². The first-order valence-corrected chi connectivity index (χ1v) is 5.89. The predicted octanol–water partition coefficient (Wildman–Crippen LogP) is 5.07. The fourth-order valence-corrected chi connectivity index (χ4v) is 1.57. The van der Waals surface area contributed by atoms with Gasteiger partial charge in [0, 0.05) is 11.1 Å². The Morgan fingerprint density at radius 2 is 1.72 bits per heavy atom. The molecule has 0 unspecified atom stereocenters. The Morgan fingerprint density at radius 3 is 2.39 bits per heavy atom. The Balaban J connectivity index is 2.25. The summed E-state index contributed by atoms with van der Waals surface area (Å²) in [4.78, 5) is 0. The van der Waals surface area contributed by atoms with Crippen LogP contribution in [0.1, 0.15) is 5.56 Å². The standard InChI is InChI=1S/C14H13ClN2O/c1-10-3-8-13(18-2)9-14(10)17-16-12-6-4-11(15)5-7-12/h3-9H,1-2H3. The molecule has 0 fully saturated rings. The van der Waals surface area contributed by atoms with Gasteiger partial charge in [0.15, 0.2) is 0 Å². The second-order valence-electron chi connectivity index (χ2n) is 3.83. The second kappa shape index (κ2) is 5.65. The molecule has 0 radical (unpaired) electrons. The molecule has 0 aromatic heterocycles. The number of benzene rings is 2. The molecule has 0 saturated carbocycles. The molecule has 0 N–H and O–H groups in total. The molecule has 0 saturated heterocycles. The molecule has 0 amide bonds. The van der Waals surface area contributed by atoms with Crippen LogP contribution in [-0.4, -0.2) is 7.11 Å². The number of nitrogens with zero attached hydrogens (tertiary/aromatic N) is 2. The maximum absolute atomic E-state index is 5.80. The number of hydrogen-bond donors (Lipinski definition) is 0. The number of aryl methyl sites for hydroxylation is 1. The van der Waals surface area contributed by atoms with E-state index < -0.39 is 0 Å². The third kappa shape index (κ3) is 3.08. The molecular weight excluding hydrogens is 248 g/mol. The summed E-state index contributed by atoms with van der Waals surface area (Å²) in [5.74, 6) is 0.769. The zero-order valence-corrected chi connectivity index (χ0v) is 11.0. The molecule has 0 atom stereocenters. The van der Waals surface area contributed by atoms with Crippen LogP contribution >= 0.6 is 11.6 Å². The van der Waals surface area contributed by atoms with Crippen molar-refractivity contribution in [3.63, 3.8) is 0 Å². The van der Waals surface area contributed by atoms with Gasteiger partial charge in [-0.15, -0.1) is 0 Å². The molecular formula is C14H13ClN2O. The Morgan fingerprint density at radius 1 is 1.00 bits per heavy atom. The monoisotopic (exact) mass is 260 g/mol. The van der Waals surface area contributed by atoms with Crippen molar-refractivity contribution in [2.24, 2.45) is 10.2 Å². The Labute approximate surface area is 111 Å². The molecule has 0 aliphatic rings. The topological polar surface area (TPSA) is 34.0 Å². The lowest BCUT2D eigenvalue weighted by atomic mass is 10.2. The van der Waals surface area contributed by atoms with E-state index in [-0.39, 0.29) is 0 Å². The molecule has 2 aromatic rings. The van der Waals surface area contributed by atoms with E-state index in [1.54, 1.807) is 19.2 Å². The van der Waals surface area contributed by atoms with Gasteiger partial charge < -0.3 is 4.74 Å². The van der Waals surface area contributed by atoms with E-state index in [0.29, 0.717) is 5.02 Å². The van der Waals surface area contributed by atoms with Crippen molar-refractivity contribution in [2.75, 3.05) is 7.11 Å². The number of methoxy groups -OCH3 is 1. The van der Waals surface area contributed by atoms with Crippen LogP contribution in [0.25, 0.3) is 0 Å². The van der Waals surface area contributed by atoms with Gasteiger partial charge in [0.1, 0.15) is 5.75 Å². The summed E-state index contributed by atoms with van der Waals surface area (Å²) in [6.07, 6.45) is 0. The van der Waals surface area contributed by atoms with Crippen LogP contribution in [0.2, 0.25) is 5.02 Å². The number of ether oxygens (including phenoxy) is 1. The van der Waals surface area contributed by atoms with Crippen LogP contribution in [0.3, 0.4) is 0 Å². The van der Waals surface area contributed by atoms with E-state index >= 15 is 0 Å². The molecule has 2 rings (SSSR count). The number of hydrogen-bond acceptors (Lipinski definition) is 3. The zero-order chi connectivity index (χ0) is 13.0. The van der Waals surface area contributed by atoms with Gasteiger partial charge in [-0.3, -0.25) is 0 Å². The summed E-state index contributed by atoms with van der Waals surface area (Å²) >= 11 is 5.80. The lowest BCUT2D eigenvalue weighted by molar-refractivity contribution is 0.415. The van der Waals surface area contributed by atoms with Gasteiger partial charge in [0.05, 0.1) is 18.5 Å². The SMILES string of the molecule is COc1ccc(C)c(N=Nc2ccc(Cl)cc2)c1. The average molecular weight is 261 g/mol. The number of azo groups is 1. The summed E-state index contributed by atoms with van der Waals surface area (Å²) in [6, 6.07) is 12.9. The lowest BCUT2D eigenvalue weighted by Gasteiger charge is -2.02. The summed E-state index contributed by atoms with van der Waals surface area (Å²) in [5, 5.41) is 9.07. The van der Waals surface area contributed by atoms with Gasteiger partial charge in [-0.25, -0.2) is 0 Å². The van der Waals surface area contributed by atoms with E-state index in [4.69, 9.17) is 16.3 Å². The highest BCUT2D eigenvalue weighted by molar-refractivity contribution is 6.30. The first kappa shape index (κ1) is 12.6. The smallest absolute Gasteiger partial charge is 0.121 e. The fraction of sp³-hybridized carbons (Fsp3) is 0.143. The van der Waals surface area contributed by atoms with Crippen LogP contribution in [0.4, 0.5) is 11.4 Å². The fourth-order valence-electron chi connectivity index (χ4n) is 1.44. The summed E-state index contributed by atoms with van der Waals surface area (Å²) in [6.45, 7) is 1.98. The minimum atomic E-state index is 0.687. The van der Waals surface area contributed by atoms with Crippen molar-refractivity contribution in [1.29, 1.82) is 0 Å². The molecule has 18 heavy (non-hydrogen) atoms. The van der Waals surface area contributed by atoms with Gasteiger partial charge in [0.2, 0.25) is 0 Å². The highest BCUT2D eigenvalue weighted by Crippen LogP contribution is 2.26. The minimum absolute atomic E-state index is 0.687. The predicted molar refractivity (Wildman–Crippen MR) is 73.4 cm³/mol. The van der Waals surface area contributed by atoms with E-state index in [0.717, 1.165) is 22.7 Å². The molecule has 3 nitrogen and oxygen atoms in total. The zero-order valence-electron chi connectivity index (χ0n) is 10.2. The maximum atomic E-state index is 5.80. The molecule has 2 aromatic carbocycles. The number of rotatable bonds is 3. The van der Waals surface area contributed by atoms with Crippen molar-refractivity contribution in [2.45, 2.75) is 6.92 Å². The Bertz CT molecular complexity index is 565. The van der Waals surface area contributed by atoms with Gasteiger partial charge in [-0.1, -0.05) is 17.7 Å². The summed E-state index contributed by atoms with van der Waals surface area (Å²) < 4.78 is 5.16. The second-order valence-corrected chi connectivity index (χ2v) is 4.27. The summed E-state index contributed by atoms with van der Waals surface area (Å²) in [5.41, 5.74) is 2.61. The van der Waals surface area contributed by atoms with Crippen molar-refractivity contribution in [1.82, 2.24) is 0 Å². The number of halogens is 1. The molecule has 0 aliphatic heterocycles. The highest BCUT2D eigenvalue weighted by atomic mass is 35.5. The molecule has 0 heterocycles. The van der Waals surface area contributed by atoms with Gasteiger partial charge in [-0.2, -0.15) is 10.2 Å². The van der Waals surface area contributed by atoms with Crippen LogP contribution in [0.15, 0.2) is 52.7 Å². The lowest BCUT2D eigenvalue weighted by Crippen LogP contribution is -1.82. The molecule has 0 bridgehead atoms. The normalized spacial score (nSPS) is 10.8. The van der Waals surface area contributed by atoms with Gasteiger partial charge in [0.25, 0.3) is 0 Å². The average Bonchev–Trinajstić information content (AvgIpc) is 2.40. The van der Waals surface area contributed by atoms with Crippen LogP contribution in [0.5, 0.6) is 5.75 Å². The highest BCUT2D eigenvalue weighted by Gasteiger charge is 1.99. The minimum Gasteiger partial charge on any atom is -0.497 e. The van der Waals surface area contributed by atoms with E-state index in [9.17, 15) is 0 Å². The summed E-state index contributed by atoms with van der Waals surface area (Å²) in [7, 11) is 1.63. The van der Waals surface area contributed by atoms with Crippen LogP contribution < -0.4 is 4.74 Å². The first-order chi connectivity index (χ1) is 8.69. The third-order valence-corrected chi connectivity index (χ3v) is 2.77. The van der Waals surface area contributed by atoms with Gasteiger partial charge >= 0.3 is 0 Å². The maximum Gasteiger partial charge on any atom is 0.121 e. The van der Waals surface area contributed by atoms with Crippen molar-refractivity contribution in [3.8, 4) is 5.75 Å². The first-order valence-electron chi connectivity index (χ1n) is 5.51. The molecule has 0 aliphatic carbocycles. The molecule has 92 valence electrons. The largest absolute Gasteiger partial charge is 0.497 e. The van der Waals surface area contributed by atoms with Crippen molar-refractivity contribution >= 4 is 23.0 Å². The van der Waals surface area contributed by atoms with E-state index in [1.165, 1.54) is 0 Å².